The molecule has 0 fully saturated rings. The van der Waals surface area contributed by atoms with Crippen LogP contribution in [0.15, 0.2) is 18.2 Å². The predicted octanol–water partition coefficient (Wildman–Crippen LogP) is 1.58. The fourth-order valence-electron chi connectivity index (χ4n) is 2.07. The smallest absolute Gasteiger partial charge is 0.228 e. The minimum Gasteiger partial charge on any atom is -0.309 e. The highest BCUT2D eigenvalue weighted by Gasteiger charge is 2.19. The summed E-state index contributed by atoms with van der Waals surface area (Å²) in [6.07, 6.45) is 0.465. The number of hydrogen-bond donors (Lipinski definition) is 1. The molecule has 3 rings (SSSR count). The van der Waals surface area contributed by atoms with Crippen molar-refractivity contribution >= 4 is 28.7 Å². The highest BCUT2D eigenvalue weighted by molar-refractivity contribution is 5.98. The second-order valence-corrected chi connectivity index (χ2v) is 4.14. The van der Waals surface area contributed by atoms with E-state index in [0.29, 0.717) is 24.5 Å². The molecule has 0 radical (unpaired) electrons. The van der Waals surface area contributed by atoms with Crippen LogP contribution in [-0.2, 0) is 11.3 Å². The zero-order valence-corrected chi connectivity index (χ0v) is 9.36. The van der Waals surface area contributed by atoms with Gasteiger partial charge in [0.05, 0.1) is 11.0 Å². The number of Topliss-reactive ketones (excluding diaryl/α,β-unsaturated/α-hetero) is 1. The number of aryl methyl sites for hydroxylation is 1. The number of benzene rings is 1. The summed E-state index contributed by atoms with van der Waals surface area (Å²) in [7, 11) is 0. The lowest BCUT2D eigenvalue weighted by molar-refractivity contribution is -0.116. The molecule has 0 atom stereocenters. The summed E-state index contributed by atoms with van der Waals surface area (Å²) in [5, 5.41) is 2.73. The van der Waals surface area contributed by atoms with Crippen LogP contribution in [-0.4, -0.2) is 21.2 Å². The molecule has 1 aliphatic rings. The number of nitrogens with zero attached hydrogens (tertiary/aromatic N) is 2. The number of rotatable bonds is 1. The second-order valence-electron chi connectivity index (χ2n) is 4.14. The number of hydrogen-bond acceptors (Lipinski definition) is 3. The molecular formula is C12H11N3O2. The molecule has 1 aliphatic heterocycles. The van der Waals surface area contributed by atoms with Crippen LogP contribution < -0.4 is 5.32 Å². The quantitative estimate of drug-likeness (QED) is 0.755. The molecule has 0 saturated carbocycles. The van der Waals surface area contributed by atoms with Crippen LogP contribution in [0.4, 0.5) is 5.95 Å². The molecule has 0 saturated heterocycles. The van der Waals surface area contributed by atoms with E-state index in [1.807, 2.05) is 10.6 Å². The van der Waals surface area contributed by atoms with Crippen molar-refractivity contribution in [3.8, 4) is 0 Å². The highest BCUT2D eigenvalue weighted by Crippen LogP contribution is 2.24. The number of anilines is 1. The molecule has 0 spiro atoms. The van der Waals surface area contributed by atoms with Gasteiger partial charge in [0.25, 0.3) is 0 Å². The van der Waals surface area contributed by atoms with E-state index in [-0.39, 0.29) is 11.7 Å². The first-order valence-electron chi connectivity index (χ1n) is 5.46. The van der Waals surface area contributed by atoms with Gasteiger partial charge in [-0.25, -0.2) is 4.98 Å². The van der Waals surface area contributed by atoms with Crippen molar-refractivity contribution in [3.05, 3.63) is 23.8 Å². The standard InChI is InChI=1S/C12H11N3O2/c1-7(16)8-2-3-10-9(6-8)13-12-14-11(17)4-5-15(10)12/h2-3,6H,4-5H2,1H3,(H,13,14,17). The number of fused-ring (bicyclic) bond motifs is 3. The third kappa shape index (κ3) is 1.51. The predicted molar refractivity (Wildman–Crippen MR) is 63.0 cm³/mol. The molecule has 1 aromatic carbocycles. The summed E-state index contributed by atoms with van der Waals surface area (Å²) >= 11 is 0. The molecule has 17 heavy (non-hydrogen) atoms. The van der Waals surface area contributed by atoms with Gasteiger partial charge in [0.1, 0.15) is 0 Å². The van der Waals surface area contributed by atoms with Crippen molar-refractivity contribution in [1.29, 1.82) is 0 Å². The van der Waals surface area contributed by atoms with Crippen LogP contribution in [0.25, 0.3) is 11.0 Å². The zero-order chi connectivity index (χ0) is 12.0. The summed E-state index contributed by atoms with van der Waals surface area (Å²) in [4.78, 5) is 26.9. The van der Waals surface area contributed by atoms with Gasteiger partial charge in [0, 0.05) is 18.5 Å². The number of carbonyl (C=O) groups excluding carboxylic acids is 2. The number of aromatic nitrogens is 2. The van der Waals surface area contributed by atoms with Crippen LogP contribution in [0.2, 0.25) is 0 Å². The van der Waals surface area contributed by atoms with Crippen LogP contribution >= 0.6 is 0 Å². The van der Waals surface area contributed by atoms with Gasteiger partial charge in [0.15, 0.2) is 5.78 Å². The number of carbonyl (C=O) groups is 2. The Bertz CT molecular complexity index is 642. The Kier molecular flexibility index (Phi) is 2.01. The van der Waals surface area contributed by atoms with E-state index in [9.17, 15) is 9.59 Å². The zero-order valence-electron chi connectivity index (χ0n) is 9.36. The Morgan fingerprint density at radius 3 is 3.06 bits per heavy atom. The highest BCUT2D eigenvalue weighted by atomic mass is 16.2. The first kappa shape index (κ1) is 10.0. The molecule has 86 valence electrons. The third-order valence-corrected chi connectivity index (χ3v) is 2.97. The number of imidazole rings is 1. The molecular weight excluding hydrogens is 218 g/mol. The SMILES string of the molecule is CC(=O)c1ccc2c(c1)nc1n2CCC(=O)N1. The van der Waals surface area contributed by atoms with Crippen molar-refractivity contribution in [2.24, 2.45) is 0 Å². The largest absolute Gasteiger partial charge is 0.309 e. The van der Waals surface area contributed by atoms with Gasteiger partial charge in [-0.1, -0.05) is 0 Å². The summed E-state index contributed by atoms with van der Waals surface area (Å²) < 4.78 is 1.96. The van der Waals surface area contributed by atoms with Crippen LogP contribution in [0, 0.1) is 0 Å². The maximum absolute atomic E-state index is 11.3. The van der Waals surface area contributed by atoms with E-state index >= 15 is 0 Å². The van der Waals surface area contributed by atoms with Crippen molar-refractivity contribution in [1.82, 2.24) is 9.55 Å². The Balaban J connectivity index is 2.20. The van der Waals surface area contributed by atoms with Gasteiger partial charge in [-0.05, 0) is 25.1 Å². The van der Waals surface area contributed by atoms with Gasteiger partial charge < -0.3 is 4.57 Å². The fraction of sp³-hybridized carbons (Fsp3) is 0.250. The van der Waals surface area contributed by atoms with Crippen molar-refractivity contribution in [3.63, 3.8) is 0 Å². The normalized spacial score (nSPS) is 14.5. The molecule has 0 aliphatic carbocycles. The number of nitrogens with one attached hydrogen (secondary N) is 1. The monoisotopic (exact) mass is 229 g/mol. The first-order valence-corrected chi connectivity index (χ1v) is 5.46. The minimum absolute atomic E-state index is 0.0143. The van der Waals surface area contributed by atoms with E-state index in [4.69, 9.17) is 0 Å². The van der Waals surface area contributed by atoms with Crippen LogP contribution in [0.3, 0.4) is 0 Å². The van der Waals surface area contributed by atoms with Gasteiger partial charge in [-0.3, -0.25) is 14.9 Å². The number of ketones is 1. The Morgan fingerprint density at radius 1 is 1.47 bits per heavy atom. The first-order chi connectivity index (χ1) is 8.15. The van der Waals surface area contributed by atoms with E-state index in [2.05, 4.69) is 10.3 Å². The van der Waals surface area contributed by atoms with Gasteiger partial charge >= 0.3 is 0 Å². The van der Waals surface area contributed by atoms with Gasteiger partial charge in [0.2, 0.25) is 11.9 Å². The number of amides is 1. The summed E-state index contributed by atoms with van der Waals surface area (Å²) in [5.41, 5.74) is 2.33. The molecule has 0 bridgehead atoms. The third-order valence-electron chi connectivity index (χ3n) is 2.97. The summed E-state index contributed by atoms with van der Waals surface area (Å²) in [6.45, 7) is 2.16. The van der Waals surface area contributed by atoms with E-state index in [1.54, 1.807) is 12.1 Å². The molecule has 5 nitrogen and oxygen atoms in total. The second kappa shape index (κ2) is 3.41. The lowest BCUT2D eigenvalue weighted by atomic mass is 10.1. The average Bonchev–Trinajstić information content (AvgIpc) is 2.64. The summed E-state index contributed by atoms with van der Waals surface area (Å²) in [6, 6.07) is 5.42. The van der Waals surface area contributed by atoms with Crippen molar-refractivity contribution in [2.45, 2.75) is 19.9 Å². The van der Waals surface area contributed by atoms with E-state index in [1.165, 1.54) is 6.92 Å². The molecule has 0 unspecified atom stereocenters. The Hall–Kier alpha value is -2.17. The minimum atomic E-state index is -0.0143. The van der Waals surface area contributed by atoms with Crippen LogP contribution in [0.5, 0.6) is 0 Å². The van der Waals surface area contributed by atoms with Gasteiger partial charge in [-0.2, -0.15) is 0 Å². The van der Waals surface area contributed by atoms with E-state index in [0.717, 1.165) is 11.0 Å². The molecule has 1 aromatic heterocycles. The molecule has 1 N–H and O–H groups in total. The molecule has 5 heteroatoms. The average molecular weight is 229 g/mol. The van der Waals surface area contributed by atoms with E-state index < -0.39 is 0 Å². The Morgan fingerprint density at radius 2 is 2.29 bits per heavy atom. The lowest BCUT2D eigenvalue weighted by Crippen LogP contribution is -2.23. The molecule has 1 amide bonds. The Labute approximate surface area is 97.4 Å². The van der Waals surface area contributed by atoms with Crippen molar-refractivity contribution < 1.29 is 9.59 Å². The maximum Gasteiger partial charge on any atom is 0.228 e. The van der Waals surface area contributed by atoms with Gasteiger partial charge in [-0.15, -0.1) is 0 Å². The molecule has 2 aromatic rings. The topological polar surface area (TPSA) is 64.0 Å². The molecule has 2 heterocycles. The summed E-state index contributed by atoms with van der Waals surface area (Å²) in [5.74, 6) is 0.568. The lowest BCUT2D eigenvalue weighted by Gasteiger charge is -2.14. The van der Waals surface area contributed by atoms with Crippen LogP contribution in [0.1, 0.15) is 23.7 Å². The van der Waals surface area contributed by atoms with Crippen molar-refractivity contribution in [2.75, 3.05) is 5.32 Å². The maximum atomic E-state index is 11.3. The fourth-order valence-corrected chi connectivity index (χ4v) is 2.07.